The lowest BCUT2D eigenvalue weighted by Crippen LogP contribution is -2.24. The molecule has 0 aliphatic carbocycles. The minimum atomic E-state index is 0.0175. The van der Waals surface area contributed by atoms with Crippen LogP contribution in [0.25, 0.3) is 0 Å². The summed E-state index contributed by atoms with van der Waals surface area (Å²) >= 11 is 0. The van der Waals surface area contributed by atoms with Gasteiger partial charge in [0.05, 0.1) is 0 Å². The topological polar surface area (TPSA) is 40.5 Å². The van der Waals surface area contributed by atoms with Crippen LogP contribution in [0.1, 0.15) is 72.9 Å². The number of phenols is 2. The van der Waals surface area contributed by atoms with Gasteiger partial charge in [-0.15, -0.1) is 0 Å². The molecule has 0 saturated heterocycles. The summed E-state index contributed by atoms with van der Waals surface area (Å²) in [5, 5.41) is 18.9. The first-order valence-electron chi connectivity index (χ1n) is 9.30. The molecule has 2 heteroatoms. The molecule has 2 N–H and O–H groups in total. The van der Waals surface area contributed by atoms with E-state index in [1.54, 1.807) is 18.2 Å². The Morgan fingerprint density at radius 2 is 1.19 bits per heavy atom. The summed E-state index contributed by atoms with van der Waals surface area (Å²) < 4.78 is 0. The molecule has 0 unspecified atom stereocenters. The van der Waals surface area contributed by atoms with E-state index in [2.05, 4.69) is 55.4 Å². The Labute approximate surface area is 159 Å². The van der Waals surface area contributed by atoms with Gasteiger partial charge >= 0.3 is 0 Å². The molecule has 0 saturated carbocycles. The van der Waals surface area contributed by atoms with Gasteiger partial charge < -0.3 is 10.2 Å². The van der Waals surface area contributed by atoms with Gasteiger partial charge in [0.1, 0.15) is 11.5 Å². The van der Waals surface area contributed by atoms with E-state index in [0.717, 1.165) is 12.0 Å². The number of benzene rings is 2. The van der Waals surface area contributed by atoms with Crippen molar-refractivity contribution in [2.24, 2.45) is 5.41 Å². The van der Waals surface area contributed by atoms with Crippen LogP contribution >= 0.6 is 0 Å². The Hall–Kier alpha value is -1.96. The molecule has 0 bridgehead atoms. The zero-order valence-electron chi connectivity index (χ0n) is 17.7. The molecule has 0 aliphatic heterocycles. The lowest BCUT2D eigenvalue weighted by molar-refractivity contribution is 0.278. The van der Waals surface area contributed by atoms with E-state index in [9.17, 15) is 5.11 Å². The number of hydrogen-bond donors (Lipinski definition) is 2. The summed E-state index contributed by atoms with van der Waals surface area (Å²) in [6.07, 6.45) is 1.05. The van der Waals surface area contributed by atoms with Crippen molar-refractivity contribution in [1.82, 2.24) is 0 Å². The van der Waals surface area contributed by atoms with Gasteiger partial charge in [-0.1, -0.05) is 85.7 Å². The van der Waals surface area contributed by atoms with Gasteiger partial charge in [-0.3, -0.25) is 0 Å². The van der Waals surface area contributed by atoms with Crippen molar-refractivity contribution in [2.45, 2.75) is 72.6 Å². The molecular weight excluding hydrogens is 320 g/mol. The maximum absolute atomic E-state index is 9.84. The second-order valence-corrected chi connectivity index (χ2v) is 9.94. The number of phenolic OH excluding ortho intramolecular Hbond substituents is 2. The zero-order chi connectivity index (χ0) is 20.2. The summed E-state index contributed by atoms with van der Waals surface area (Å²) in [4.78, 5) is 0. The second kappa shape index (κ2) is 8.16. The average Bonchev–Trinajstić information content (AvgIpc) is 2.45. The molecule has 2 nitrogen and oxygen atoms in total. The summed E-state index contributed by atoms with van der Waals surface area (Å²) in [6.45, 7) is 17.5. The van der Waals surface area contributed by atoms with E-state index >= 15 is 0 Å². The molecular formula is C24H36O2. The van der Waals surface area contributed by atoms with Crippen molar-refractivity contribution in [3.05, 3.63) is 59.7 Å². The van der Waals surface area contributed by atoms with Crippen molar-refractivity contribution < 1.29 is 10.2 Å². The highest BCUT2D eigenvalue weighted by molar-refractivity contribution is 5.37. The third kappa shape index (κ3) is 7.11. The van der Waals surface area contributed by atoms with Crippen LogP contribution in [0.3, 0.4) is 0 Å². The van der Waals surface area contributed by atoms with Crippen LogP contribution in [0, 0.1) is 5.41 Å². The first kappa shape index (κ1) is 22.1. The fourth-order valence-electron chi connectivity index (χ4n) is 3.43. The minimum Gasteiger partial charge on any atom is -0.508 e. The second-order valence-electron chi connectivity index (χ2n) is 9.94. The van der Waals surface area contributed by atoms with Crippen molar-refractivity contribution in [3.8, 4) is 11.5 Å². The molecule has 0 amide bonds. The fourth-order valence-corrected chi connectivity index (χ4v) is 3.43. The Balaban J connectivity index is 0.000000273. The highest BCUT2D eigenvalue weighted by atomic mass is 16.3. The van der Waals surface area contributed by atoms with Crippen molar-refractivity contribution in [3.63, 3.8) is 0 Å². The SMILES string of the molecule is CC(C)(C)CC(C)(C)c1ccccc1O.CC(C)(C)c1ccc(O)cc1. The highest BCUT2D eigenvalue weighted by Gasteiger charge is 2.28. The summed E-state index contributed by atoms with van der Waals surface area (Å²) in [7, 11) is 0. The summed E-state index contributed by atoms with van der Waals surface area (Å²) in [5.74, 6) is 0.741. The third-order valence-corrected chi connectivity index (χ3v) is 4.34. The molecule has 0 fully saturated rings. The molecule has 26 heavy (non-hydrogen) atoms. The minimum absolute atomic E-state index is 0.0175. The van der Waals surface area contributed by atoms with E-state index in [0.29, 0.717) is 11.5 Å². The number of aromatic hydroxyl groups is 2. The predicted molar refractivity (Wildman–Crippen MR) is 112 cm³/mol. The quantitative estimate of drug-likeness (QED) is 0.621. The molecule has 2 aromatic carbocycles. The molecule has 0 spiro atoms. The standard InChI is InChI=1S/C14H22O.C10H14O/c1-13(2,3)10-14(4,5)11-8-6-7-9-12(11)15;1-10(2,3)8-4-6-9(11)7-5-8/h6-9,15H,10H2,1-5H3;4-7,11H,1-3H3. The molecule has 0 aliphatic rings. The predicted octanol–water partition coefficient (Wildman–Crippen LogP) is 6.80. The Morgan fingerprint density at radius 1 is 0.692 bits per heavy atom. The van der Waals surface area contributed by atoms with Gasteiger partial charge in [-0.2, -0.15) is 0 Å². The summed E-state index contributed by atoms with van der Waals surface area (Å²) in [5.41, 5.74) is 2.75. The number of rotatable bonds is 2. The number of hydrogen-bond acceptors (Lipinski definition) is 2. The molecule has 0 atom stereocenters. The van der Waals surface area contributed by atoms with E-state index < -0.39 is 0 Å². The normalized spacial score (nSPS) is 12.3. The van der Waals surface area contributed by atoms with Crippen LogP contribution < -0.4 is 0 Å². The van der Waals surface area contributed by atoms with Crippen molar-refractivity contribution in [1.29, 1.82) is 0 Å². The lowest BCUT2D eigenvalue weighted by atomic mass is 9.72. The third-order valence-electron chi connectivity index (χ3n) is 4.34. The van der Waals surface area contributed by atoms with E-state index in [1.165, 1.54) is 5.56 Å². The first-order chi connectivity index (χ1) is 11.7. The van der Waals surface area contributed by atoms with Crippen LogP contribution in [0.15, 0.2) is 48.5 Å². The molecule has 0 radical (unpaired) electrons. The maximum Gasteiger partial charge on any atom is 0.119 e. The Bertz CT molecular complexity index is 683. The van der Waals surface area contributed by atoms with Gasteiger partial charge in [0, 0.05) is 0 Å². The molecule has 144 valence electrons. The monoisotopic (exact) mass is 356 g/mol. The van der Waals surface area contributed by atoms with Crippen LogP contribution in [0.2, 0.25) is 0 Å². The molecule has 2 aromatic rings. The van der Waals surface area contributed by atoms with E-state index in [-0.39, 0.29) is 16.2 Å². The zero-order valence-corrected chi connectivity index (χ0v) is 17.7. The van der Waals surface area contributed by atoms with Crippen LogP contribution in [-0.2, 0) is 10.8 Å². The summed E-state index contributed by atoms with van der Waals surface area (Å²) in [6, 6.07) is 15.0. The Kier molecular flexibility index (Phi) is 6.93. The van der Waals surface area contributed by atoms with Crippen LogP contribution in [-0.4, -0.2) is 10.2 Å². The van der Waals surface area contributed by atoms with E-state index in [4.69, 9.17) is 5.11 Å². The highest BCUT2D eigenvalue weighted by Crippen LogP contribution is 2.39. The Morgan fingerprint density at radius 3 is 1.62 bits per heavy atom. The van der Waals surface area contributed by atoms with Gasteiger partial charge in [-0.05, 0) is 52.0 Å². The molecule has 0 heterocycles. The molecule has 2 rings (SSSR count). The molecule has 0 aromatic heterocycles. The van der Waals surface area contributed by atoms with Gasteiger partial charge in [-0.25, -0.2) is 0 Å². The largest absolute Gasteiger partial charge is 0.508 e. The van der Waals surface area contributed by atoms with Gasteiger partial charge in [0.15, 0.2) is 0 Å². The van der Waals surface area contributed by atoms with Crippen LogP contribution in [0.5, 0.6) is 11.5 Å². The van der Waals surface area contributed by atoms with Crippen molar-refractivity contribution in [2.75, 3.05) is 0 Å². The maximum atomic E-state index is 9.84. The van der Waals surface area contributed by atoms with Crippen molar-refractivity contribution >= 4 is 0 Å². The van der Waals surface area contributed by atoms with Gasteiger partial charge in [0.2, 0.25) is 0 Å². The van der Waals surface area contributed by atoms with Crippen LogP contribution in [0.4, 0.5) is 0 Å². The lowest BCUT2D eigenvalue weighted by Gasteiger charge is -2.33. The number of para-hydroxylation sites is 1. The average molecular weight is 357 g/mol. The van der Waals surface area contributed by atoms with E-state index in [1.807, 2.05) is 30.3 Å². The smallest absolute Gasteiger partial charge is 0.119 e. The first-order valence-corrected chi connectivity index (χ1v) is 9.30. The van der Waals surface area contributed by atoms with Gasteiger partial charge in [0.25, 0.3) is 0 Å². The fraction of sp³-hybridized carbons (Fsp3) is 0.500.